The molecule has 19 heavy (non-hydrogen) atoms. The Morgan fingerprint density at radius 3 is 2.68 bits per heavy atom. The molecule has 0 radical (unpaired) electrons. The average Bonchev–Trinajstić information content (AvgIpc) is 2.58. The first-order valence-corrected chi connectivity index (χ1v) is 8.69. The third-order valence-corrected chi connectivity index (χ3v) is 5.35. The van der Waals surface area contributed by atoms with E-state index in [0.717, 1.165) is 25.9 Å². The minimum atomic E-state index is -2.96. The van der Waals surface area contributed by atoms with Crippen LogP contribution in [0.25, 0.3) is 0 Å². The zero-order valence-electron chi connectivity index (χ0n) is 11.1. The van der Waals surface area contributed by atoms with Crippen molar-refractivity contribution < 1.29 is 17.9 Å². The van der Waals surface area contributed by atoms with Gasteiger partial charge < -0.3 is 15.0 Å². The molecule has 2 saturated heterocycles. The van der Waals surface area contributed by atoms with Gasteiger partial charge in [-0.3, -0.25) is 4.79 Å². The van der Waals surface area contributed by atoms with E-state index >= 15 is 0 Å². The van der Waals surface area contributed by atoms with Crippen molar-refractivity contribution in [3.8, 4) is 0 Å². The molecule has 7 heteroatoms. The summed E-state index contributed by atoms with van der Waals surface area (Å²) in [6.45, 7) is 2.76. The summed E-state index contributed by atoms with van der Waals surface area (Å²) in [6, 6.07) is 0. The maximum atomic E-state index is 12.0. The number of nitrogens with zero attached hydrogens (tertiary/aromatic N) is 1. The molecular weight excluding hydrogens is 268 g/mol. The lowest BCUT2D eigenvalue weighted by Crippen LogP contribution is -2.39. The zero-order valence-corrected chi connectivity index (χ0v) is 12.0. The fourth-order valence-corrected chi connectivity index (χ4v) is 3.70. The second-order valence-electron chi connectivity index (χ2n) is 5.15. The number of hydrogen-bond donors (Lipinski definition) is 1. The Morgan fingerprint density at radius 2 is 1.95 bits per heavy atom. The van der Waals surface area contributed by atoms with Crippen LogP contribution in [0.1, 0.15) is 19.3 Å². The summed E-state index contributed by atoms with van der Waals surface area (Å²) in [7, 11) is -2.96. The van der Waals surface area contributed by atoms with Crippen molar-refractivity contribution >= 4 is 15.7 Å². The van der Waals surface area contributed by atoms with Gasteiger partial charge in [0.1, 0.15) is 6.61 Å². The number of carbonyl (C=O) groups is 1. The molecule has 2 fully saturated rings. The fraction of sp³-hybridized carbons (Fsp3) is 0.917. The molecule has 0 saturated carbocycles. The Bertz CT molecular complexity index is 404. The highest BCUT2D eigenvalue weighted by atomic mass is 32.2. The molecule has 2 heterocycles. The molecule has 0 aromatic carbocycles. The molecule has 2 rings (SSSR count). The van der Waals surface area contributed by atoms with Crippen molar-refractivity contribution in [1.29, 1.82) is 0 Å². The number of nitrogens with one attached hydrogen (secondary N) is 1. The predicted octanol–water partition coefficient (Wildman–Crippen LogP) is -0.598. The number of rotatable bonds is 3. The third-order valence-electron chi connectivity index (χ3n) is 3.64. The molecule has 0 unspecified atom stereocenters. The fourth-order valence-electron chi connectivity index (χ4n) is 2.43. The molecule has 0 atom stereocenters. The van der Waals surface area contributed by atoms with E-state index in [1.54, 1.807) is 4.90 Å². The number of hydrogen-bond acceptors (Lipinski definition) is 5. The van der Waals surface area contributed by atoms with Gasteiger partial charge in [-0.15, -0.1) is 0 Å². The van der Waals surface area contributed by atoms with E-state index in [1.807, 2.05) is 0 Å². The van der Waals surface area contributed by atoms with Crippen molar-refractivity contribution in [1.82, 2.24) is 10.2 Å². The maximum absolute atomic E-state index is 12.0. The largest absolute Gasteiger partial charge is 0.368 e. The standard InChI is InChI=1S/C12H22N2O4S/c15-12(10-18-11-2-4-13-5-3-11)14-6-1-8-19(16,17)9-7-14/h11,13H,1-10H2. The second-order valence-corrected chi connectivity index (χ2v) is 7.45. The van der Waals surface area contributed by atoms with E-state index < -0.39 is 9.84 Å². The van der Waals surface area contributed by atoms with Crippen LogP contribution in [0.4, 0.5) is 0 Å². The van der Waals surface area contributed by atoms with Gasteiger partial charge in [-0.25, -0.2) is 8.42 Å². The van der Waals surface area contributed by atoms with Gasteiger partial charge in [-0.1, -0.05) is 0 Å². The topological polar surface area (TPSA) is 75.7 Å². The van der Waals surface area contributed by atoms with Crippen LogP contribution in [0.5, 0.6) is 0 Å². The molecule has 110 valence electrons. The van der Waals surface area contributed by atoms with Crippen LogP contribution >= 0.6 is 0 Å². The molecule has 0 aromatic rings. The van der Waals surface area contributed by atoms with Crippen LogP contribution in [0, 0.1) is 0 Å². The Morgan fingerprint density at radius 1 is 1.21 bits per heavy atom. The highest BCUT2D eigenvalue weighted by Gasteiger charge is 2.23. The van der Waals surface area contributed by atoms with E-state index in [0.29, 0.717) is 19.5 Å². The van der Waals surface area contributed by atoms with E-state index in [4.69, 9.17) is 4.74 Å². The summed E-state index contributed by atoms with van der Waals surface area (Å²) in [4.78, 5) is 13.6. The number of ether oxygens (including phenoxy) is 1. The molecule has 1 amide bonds. The predicted molar refractivity (Wildman–Crippen MR) is 71.7 cm³/mol. The van der Waals surface area contributed by atoms with Crippen LogP contribution < -0.4 is 5.32 Å². The van der Waals surface area contributed by atoms with Gasteiger partial charge in [-0.05, 0) is 32.4 Å². The zero-order chi connectivity index (χ0) is 13.7. The van der Waals surface area contributed by atoms with Gasteiger partial charge in [0.15, 0.2) is 9.84 Å². The minimum Gasteiger partial charge on any atom is -0.368 e. The van der Waals surface area contributed by atoms with Crippen molar-refractivity contribution in [3.63, 3.8) is 0 Å². The molecule has 2 aliphatic rings. The summed E-state index contributed by atoms with van der Waals surface area (Å²) in [5.74, 6) is 0.175. The first-order valence-electron chi connectivity index (χ1n) is 6.87. The average molecular weight is 290 g/mol. The summed E-state index contributed by atoms with van der Waals surface area (Å²) >= 11 is 0. The van der Waals surface area contributed by atoms with Crippen molar-refractivity contribution in [2.75, 3.05) is 44.3 Å². The highest BCUT2D eigenvalue weighted by molar-refractivity contribution is 7.91. The molecule has 0 spiro atoms. The smallest absolute Gasteiger partial charge is 0.248 e. The van der Waals surface area contributed by atoms with E-state index in [-0.39, 0.29) is 30.1 Å². The lowest BCUT2D eigenvalue weighted by Gasteiger charge is -2.25. The van der Waals surface area contributed by atoms with Gasteiger partial charge in [0.25, 0.3) is 0 Å². The summed E-state index contributed by atoms with van der Waals surface area (Å²) < 4.78 is 28.5. The monoisotopic (exact) mass is 290 g/mol. The van der Waals surface area contributed by atoms with Gasteiger partial charge in [0.2, 0.25) is 5.91 Å². The molecule has 1 N–H and O–H groups in total. The van der Waals surface area contributed by atoms with Crippen LogP contribution in [0.2, 0.25) is 0 Å². The molecule has 0 aromatic heterocycles. The van der Waals surface area contributed by atoms with Crippen molar-refractivity contribution in [2.45, 2.75) is 25.4 Å². The first-order chi connectivity index (χ1) is 9.07. The van der Waals surface area contributed by atoms with E-state index in [1.165, 1.54) is 0 Å². The van der Waals surface area contributed by atoms with E-state index in [9.17, 15) is 13.2 Å². The molecule has 0 bridgehead atoms. The molecular formula is C12H22N2O4S. The van der Waals surface area contributed by atoms with Gasteiger partial charge in [0.05, 0.1) is 17.6 Å². The highest BCUT2D eigenvalue weighted by Crippen LogP contribution is 2.09. The Hall–Kier alpha value is -0.660. The number of amides is 1. The van der Waals surface area contributed by atoms with Gasteiger partial charge >= 0.3 is 0 Å². The molecule has 6 nitrogen and oxygen atoms in total. The quantitative estimate of drug-likeness (QED) is 0.751. The van der Waals surface area contributed by atoms with Crippen LogP contribution in [0.15, 0.2) is 0 Å². The number of carbonyl (C=O) groups excluding carboxylic acids is 1. The van der Waals surface area contributed by atoms with Crippen molar-refractivity contribution in [2.24, 2.45) is 0 Å². The molecule has 0 aliphatic carbocycles. The Balaban J connectivity index is 1.76. The lowest BCUT2D eigenvalue weighted by molar-refractivity contribution is -0.138. The van der Waals surface area contributed by atoms with Gasteiger partial charge in [0, 0.05) is 13.1 Å². The summed E-state index contributed by atoms with van der Waals surface area (Å²) in [5, 5.41) is 3.24. The number of sulfone groups is 1. The first kappa shape index (κ1) is 14.7. The van der Waals surface area contributed by atoms with Crippen LogP contribution in [0.3, 0.4) is 0 Å². The second kappa shape index (κ2) is 6.67. The summed E-state index contributed by atoms with van der Waals surface area (Å²) in [5.41, 5.74) is 0. The van der Waals surface area contributed by atoms with Crippen LogP contribution in [-0.4, -0.2) is 69.6 Å². The summed E-state index contributed by atoms with van der Waals surface area (Å²) in [6.07, 6.45) is 2.55. The van der Waals surface area contributed by atoms with Crippen molar-refractivity contribution in [3.05, 3.63) is 0 Å². The minimum absolute atomic E-state index is 0.0741. The van der Waals surface area contributed by atoms with E-state index in [2.05, 4.69) is 5.32 Å². The van der Waals surface area contributed by atoms with Gasteiger partial charge in [-0.2, -0.15) is 0 Å². The maximum Gasteiger partial charge on any atom is 0.248 e. The molecule has 2 aliphatic heterocycles. The Labute approximate surface area is 114 Å². The lowest BCUT2D eigenvalue weighted by atomic mass is 10.1. The SMILES string of the molecule is O=C(COC1CCNCC1)N1CCCS(=O)(=O)CC1. The third kappa shape index (κ3) is 4.74. The number of piperidine rings is 1. The normalized spacial score (nSPS) is 24.9. The Kier molecular flexibility index (Phi) is 5.18. The van der Waals surface area contributed by atoms with Crippen LogP contribution in [-0.2, 0) is 19.4 Å².